The monoisotopic (exact) mass is 189 g/mol. The molecule has 0 saturated heterocycles. The van der Waals surface area contributed by atoms with Gasteiger partial charge in [0.05, 0.1) is 33.7 Å². The molecular weight excluding hydrogens is 168 g/mol. The molecule has 0 saturated carbocycles. The zero-order valence-electron chi connectivity index (χ0n) is 8.88. The van der Waals surface area contributed by atoms with Crippen LogP contribution in [0.1, 0.15) is 19.3 Å². The van der Waals surface area contributed by atoms with E-state index in [0.717, 1.165) is 23.9 Å². The van der Waals surface area contributed by atoms with Gasteiger partial charge in [-0.2, -0.15) is 0 Å². The van der Waals surface area contributed by atoms with Crippen molar-refractivity contribution in [3.05, 3.63) is 0 Å². The molecule has 0 radical (unpaired) electrons. The van der Waals surface area contributed by atoms with Crippen LogP contribution in [0.4, 0.5) is 0 Å². The average Bonchev–Trinajstić information content (AvgIpc) is 1.95. The molecule has 1 atom stereocenters. The Hall–Kier alpha value is -0.610. The van der Waals surface area contributed by atoms with E-state index in [2.05, 4.69) is 26.9 Å². The molecule has 0 fully saturated rings. The highest BCUT2D eigenvalue weighted by molar-refractivity contribution is 5.68. The predicted molar refractivity (Wildman–Crippen MR) is 48.4 cm³/mol. The van der Waals surface area contributed by atoms with Crippen molar-refractivity contribution in [3.8, 4) is 0 Å². The standard InChI is InChI=1S/C9H20N2O2/c1-11(2,3)7-5-4-6-8(10)9(12)13/h8H,4-7,10H2,1-3H3/p+1. The minimum atomic E-state index is -1.04. The Balaban J connectivity index is 3.41. The van der Waals surface area contributed by atoms with E-state index in [-0.39, 0.29) is 0 Å². The van der Waals surface area contributed by atoms with Gasteiger partial charge in [0.25, 0.3) is 0 Å². The van der Waals surface area contributed by atoms with Gasteiger partial charge in [-0.15, -0.1) is 0 Å². The molecule has 0 aromatic carbocycles. The van der Waals surface area contributed by atoms with Crippen molar-refractivity contribution in [3.63, 3.8) is 0 Å². The van der Waals surface area contributed by atoms with Crippen LogP contribution in [0.15, 0.2) is 0 Å². The van der Waals surface area contributed by atoms with Gasteiger partial charge in [0.2, 0.25) is 0 Å². The number of quaternary nitrogens is 2. The van der Waals surface area contributed by atoms with Crippen LogP contribution in [0.25, 0.3) is 0 Å². The van der Waals surface area contributed by atoms with E-state index in [1.165, 1.54) is 0 Å². The van der Waals surface area contributed by atoms with Gasteiger partial charge >= 0.3 is 0 Å². The van der Waals surface area contributed by atoms with Crippen LogP contribution < -0.4 is 10.8 Å². The summed E-state index contributed by atoms with van der Waals surface area (Å²) in [7, 11) is 6.38. The molecule has 0 aliphatic heterocycles. The number of aliphatic carboxylic acids is 1. The van der Waals surface area contributed by atoms with Crippen LogP contribution in [0.5, 0.6) is 0 Å². The molecule has 4 nitrogen and oxygen atoms in total. The van der Waals surface area contributed by atoms with Crippen molar-refractivity contribution >= 4 is 5.97 Å². The highest BCUT2D eigenvalue weighted by Gasteiger charge is 2.09. The smallest absolute Gasteiger partial charge is 0.124 e. The van der Waals surface area contributed by atoms with Crippen molar-refractivity contribution < 1.29 is 20.1 Å². The lowest BCUT2D eigenvalue weighted by molar-refractivity contribution is -0.870. The normalized spacial score (nSPS) is 14.2. The number of hydrogen-bond acceptors (Lipinski definition) is 2. The molecule has 4 heteroatoms. The van der Waals surface area contributed by atoms with Crippen LogP contribution in [0.2, 0.25) is 0 Å². The van der Waals surface area contributed by atoms with Crippen LogP contribution >= 0.6 is 0 Å². The summed E-state index contributed by atoms with van der Waals surface area (Å²) in [5, 5.41) is 10.3. The van der Waals surface area contributed by atoms with Crippen molar-refractivity contribution in [2.75, 3.05) is 27.7 Å². The maximum Gasteiger partial charge on any atom is 0.124 e. The Morgan fingerprint density at radius 1 is 1.38 bits per heavy atom. The van der Waals surface area contributed by atoms with Crippen molar-refractivity contribution in [2.24, 2.45) is 0 Å². The first-order valence-electron chi connectivity index (χ1n) is 4.67. The van der Waals surface area contributed by atoms with Crippen molar-refractivity contribution in [1.82, 2.24) is 0 Å². The Labute approximate surface area is 79.9 Å². The maximum atomic E-state index is 10.3. The van der Waals surface area contributed by atoms with Gasteiger partial charge in [-0.3, -0.25) is 0 Å². The largest absolute Gasteiger partial charge is 0.544 e. The van der Waals surface area contributed by atoms with Gasteiger partial charge in [-0.05, 0) is 12.8 Å². The molecule has 0 spiro atoms. The summed E-state index contributed by atoms with van der Waals surface area (Å²) in [5.74, 6) is -1.04. The lowest BCUT2D eigenvalue weighted by atomic mass is 10.1. The molecule has 0 bridgehead atoms. The third kappa shape index (κ3) is 7.74. The summed E-state index contributed by atoms with van der Waals surface area (Å²) < 4.78 is 0.924. The van der Waals surface area contributed by atoms with E-state index >= 15 is 0 Å². The lowest BCUT2D eigenvalue weighted by Gasteiger charge is -2.23. The van der Waals surface area contributed by atoms with Gasteiger partial charge in [0, 0.05) is 6.42 Å². The molecule has 0 aromatic heterocycles. The Morgan fingerprint density at radius 3 is 2.31 bits per heavy atom. The van der Waals surface area contributed by atoms with E-state index in [4.69, 9.17) is 0 Å². The number of carbonyl (C=O) groups excluding carboxylic acids is 1. The number of hydrogen-bond donors (Lipinski definition) is 1. The number of unbranched alkanes of at least 4 members (excludes halogenated alkanes) is 1. The summed E-state index contributed by atoms with van der Waals surface area (Å²) in [5.41, 5.74) is 3.50. The third-order valence-electron chi connectivity index (χ3n) is 1.96. The van der Waals surface area contributed by atoms with E-state index in [1.807, 2.05) is 0 Å². The number of rotatable bonds is 6. The molecule has 0 rings (SSSR count). The van der Waals surface area contributed by atoms with Gasteiger partial charge < -0.3 is 20.1 Å². The van der Waals surface area contributed by atoms with Crippen LogP contribution in [0, 0.1) is 0 Å². The van der Waals surface area contributed by atoms with Crippen LogP contribution in [0.3, 0.4) is 0 Å². The summed E-state index contributed by atoms with van der Waals surface area (Å²) in [4.78, 5) is 10.3. The van der Waals surface area contributed by atoms with E-state index in [0.29, 0.717) is 6.42 Å². The summed E-state index contributed by atoms with van der Waals surface area (Å²) in [6, 6.07) is -0.549. The predicted octanol–water partition coefficient (Wildman–Crippen LogP) is -1.78. The fourth-order valence-corrected chi connectivity index (χ4v) is 1.09. The van der Waals surface area contributed by atoms with Crippen molar-refractivity contribution in [2.45, 2.75) is 25.3 Å². The second-order valence-electron chi connectivity index (χ2n) is 4.53. The molecule has 0 aliphatic carbocycles. The topological polar surface area (TPSA) is 67.8 Å². The number of carbonyl (C=O) groups is 1. The minimum Gasteiger partial charge on any atom is -0.544 e. The van der Waals surface area contributed by atoms with Crippen LogP contribution in [-0.4, -0.2) is 44.2 Å². The van der Waals surface area contributed by atoms with Gasteiger partial charge in [0.15, 0.2) is 0 Å². The maximum absolute atomic E-state index is 10.3. The Kier molecular flexibility index (Phi) is 4.95. The molecule has 0 heterocycles. The summed E-state index contributed by atoms with van der Waals surface area (Å²) >= 11 is 0. The first-order valence-corrected chi connectivity index (χ1v) is 4.67. The van der Waals surface area contributed by atoms with E-state index in [1.54, 1.807) is 0 Å². The second-order valence-corrected chi connectivity index (χ2v) is 4.53. The molecule has 13 heavy (non-hydrogen) atoms. The van der Waals surface area contributed by atoms with Gasteiger partial charge in [-0.1, -0.05) is 0 Å². The second kappa shape index (κ2) is 5.19. The van der Waals surface area contributed by atoms with Gasteiger partial charge in [0.1, 0.15) is 6.04 Å². The summed E-state index contributed by atoms with van der Waals surface area (Å²) in [6.45, 7) is 1.07. The average molecular weight is 189 g/mol. The molecule has 1 unspecified atom stereocenters. The fraction of sp³-hybridized carbons (Fsp3) is 0.889. The molecule has 0 aromatic rings. The van der Waals surface area contributed by atoms with Crippen molar-refractivity contribution in [1.29, 1.82) is 0 Å². The highest BCUT2D eigenvalue weighted by atomic mass is 16.4. The highest BCUT2D eigenvalue weighted by Crippen LogP contribution is 2.01. The minimum absolute atomic E-state index is 0.549. The molecular formula is C9H21N2O2+. The SMILES string of the molecule is C[N+](C)(C)CCCCC([NH3+])C(=O)[O-]. The third-order valence-corrected chi connectivity index (χ3v) is 1.96. The van der Waals surface area contributed by atoms with Crippen LogP contribution in [-0.2, 0) is 4.79 Å². The molecule has 0 amide bonds. The van der Waals surface area contributed by atoms with E-state index in [9.17, 15) is 9.90 Å². The molecule has 0 aliphatic rings. The number of carboxylic acids is 1. The first kappa shape index (κ1) is 12.4. The summed E-state index contributed by atoms with van der Waals surface area (Å²) in [6.07, 6.45) is 2.59. The zero-order chi connectivity index (χ0) is 10.5. The Bertz CT molecular complexity index is 163. The fourth-order valence-electron chi connectivity index (χ4n) is 1.09. The lowest BCUT2D eigenvalue weighted by Crippen LogP contribution is -2.68. The van der Waals surface area contributed by atoms with E-state index < -0.39 is 12.0 Å². The van der Waals surface area contributed by atoms with Gasteiger partial charge in [-0.25, -0.2) is 0 Å². The molecule has 3 N–H and O–H groups in total. The zero-order valence-corrected chi connectivity index (χ0v) is 8.88. The molecule has 78 valence electrons. The quantitative estimate of drug-likeness (QED) is 0.396. The number of nitrogens with zero attached hydrogens (tertiary/aromatic N) is 1. The Morgan fingerprint density at radius 2 is 1.92 bits per heavy atom. The number of carboxylic acid groups (broad SMARTS) is 1. The first-order chi connectivity index (χ1) is 5.83.